The normalized spacial score (nSPS) is 20.9. The second-order valence-electron chi connectivity index (χ2n) is 8.96. The Labute approximate surface area is 204 Å². The molecule has 2 heterocycles. The molecule has 1 N–H and O–H groups in total. The molecule has 8 nitrogen and oxygen atoms in total. The number of carbonyl (C=O) groups is 2. The molecule has 1 aliphatic carbocycles. The molecule has 1 aliphatic heterocycles. The Hall–Kier alpha value is -3.18. The quantitative estimate of drug-likeness (QED) is 0.624. The van der Waals surface area contributed by atoms with Gasteiger partial charge in [0.1, 0.15) is 18.1 Å². The number of nitrogens with one attached hydrogen (secondary N) is 1. The Kier molecular flexibility index (Phi) is 7.63. The fourth-order valence-corrected chi connectivity index (χ4v) is 4.72. The zero-order valence-corrected chi connectivity index (χ0v) is 19.9. The lowest BCUT2D eigenvalue weighted by Gasteiger charge is -2.30. The lowest BCUT2D eigenvalue weighted by Crippen LogP contribution is -2.40. The van der Waals surface area contributed by atoms with Crippen molar-refractivity contribution in [3.05, 3.63) is 46.1 Å². The zero-order chi connectivity index (χ0) is 24.1. The summed E-state index contributed by atoms with van der Waals surface area (Å²) in [6.45, 7) is 3.39. The maximum atomic E-state index is 12.7. The van der Waals surface area contributed by atoms with E-state index in [1.54, 1.807) is 18.2 Å². The van der Waals surface area contributed by atoms with Crippen LogP contribution in [0.15, 0.2) is 24.3 Å². The molecule has 1 saturated carbocycles. The summed E-state index contributed by atoms with van der Waals surface area (Å²) in [5.41, 5.74) is 1.51. The third kappa shape index (κ3) is 5.48. The van der Waals surface area contributed by atoms with Crippen LogP contribution < -0.4 is 15.0 Å². The molecule has 0 atom stereocenters. The van der Waals surface area contributed by atoms with Gasteiger partial charge in [-0.15, -0.1) is 10.2 Å². The highest BCUT2D eigenvalue weighted by Crippen LogP contribution is 2.32. The Morgan fingerprint density at radius 3 is 2.50 bits per heavy atom. The Morgan fingerprint density at radius 2 is 1.88 bits per heavy atom. The first-order valence-electron chi connectivity index (χ1n) is 11.7. The van der Waals surface area contributed by atoms with Crippen LogP contribution in [0.5, 0.6) is 5.75 Å². The van der Waals surface area contributed by atoms with E-state index < -0.39 is 0 Å². The van der Waals surface area contributed by atoms with E-state index in [9.17, 15) is 9.59 Å². The number of carbonyl (C=O) groups excluding carboxylic acids is 2. The molecule has 1 aromatic carbocycles. The van der Waals surface area contributed by atoms with Gasteiger partial charge in [0.15, 0.2) is 11.5 Å². The Morgan fingerprint density at radius 1 is 1.15 bits per heavy atom. The molecule has 2 aromatic rings. The van der Waals surface area contributed by atoms with Crippen molar-refractivity contribution in [2.45, 2.75) is 57.6 Å². The van der Waals surface area contributed by atoms with Crippen LogP contribution in [-0.4, -0.2) is 47.6 Å². The summed E-state index contributed by atoms with van der Waals surface area (Å²) in [5.74, 6) is 1.33. The number of ether oxygens (including phenoxy) is 1. The maximum absolute atomic E-state index is 12.7. The number of piperidine rings is 1. The van der Waals surface area contributed by atoms with Gasteiger partial charge in [-0.2, -0.15) is 5.26 Å². The number of nitrogens with zero attached hydrogens (tertiary/aromatic N) is 4. The summed E-state index contributed by atoms with van der Waals surface area (Å²) in [4.78, 5) is 25.7. The van der Waals surface area contributed by atoms with Gasteiger partial charge >= 0.3 is 0 Å². The van der Waals surface area contributed by atoms with E-state index >= 15 is 0 Å². The number of aromatic nitrogens is 2. The Bertz CT molecular complexity index is 1070. The van der Waals surface area contributed by atoms with Crippen LogP contribution in [0.3, 0.4) is 0 Å². The average molecular weight is 482 g/mol. The molecular weight excluding hydrogens is 454 g/mol. The summed E-state index contributed by atoms with van der Waals surface area (Å²) in [6, 6.07) is 9.13. The molecule has 34 heavy (non-hydrogen) atoms. The second-order valence-corrected chi connectivity index (χ2v) is 9.34. The Balaban J connectivity index is 1.26. The van der Waals surface area contributed by atoms with E-state index in [2.05, 4.69) is 26.5 Å². The van der Waals surface area contributed by atoms with Crippen LogP contribution in [0, 0.1) is 24.2 Å². The van der Waals surface area contributed by atoms with Crippen molar-refractivity contribution in [2.24, 2.45) is 5.92 Å². The fraction of sp³-hybridized carbons (Fsp3) is 0.480. The largest absolute Gasteiger partial charge is 0.490 e. The van der Waals surface area contributed by atoms with Gasteiger partial charge in [-0.1, -0.05) is 11.6 Å². The topological polar surface area (TPSA) is 108 Å². The molecule has 0 spiro atoms. The van der Waals surface area contributed by atoms with Crippen LogP contribution >= 0.6 is 11.6 Å². The SMILES string of the molecule is Cc1c(OC2CCC(NC(=O)c3ccc(N4CCC(C=O)CC4)nn3)CC2)ccc(C#N)c1Cl. The van der Waals surface area contributed by atoms with Gasteiger partial charge in [0, 0.05) is 30.6 Å². The molecular formula is C25H28ClN5O3. The minimum atomic E-state index is -0.224. The minimum absolute atomic E-state index is 0.0401. The van der Waals surface area contributed by atoms with Gasteiger partial charge in [-0.25, -0.2) is 0 Å². The summed E-state index contributed by atoms with van der Waals surface area (Å²) in [7, 11) is 0. The molecule has 178 valence electrons. The highest BCUT2D eigenvalue weighted by Gasteiger charge is 2.26. The summed E-state index contributed by atoms with van der Waals surface area (Å²) in [6.07, 6.45) is 5.92. The molecule has 4 rings (SSSR count). The predicted octanol–water partition coefficient (Wildman–Crippen LogP) is 3.85. The predicted molar refractivity (Wildman–Crippen MR) is 128 cm³/mol. The number of aldehydes is 1. The van der Waals surface area contributed by atoms with E-state index in [0.717, 1.165) is 69.3 Å². The highest BCUT2D eigenvalue weighted by atomic mass is 35.5. The van der Waals surface area contributed by atoms with Crippen LogP contribution in [0.25, 0.3) is 0 Å². The molecule has 2 fully saturated rings. The molecule has 0 unspecified atom stereocenters. The first kappa shape index (κ1) is 24.0. The third-order valence-corrected chi connectivity index (χ3v) is 7.19. The minimum Gasteiger partial charge on any atom is -0.490 e. The van der Waals surface area contributed by atoms with Gasteiger partial charge in [-0.05, 0) is 69.7 Å². The van der Waals surface area contributed by atoms with Gasteiger partial charge in [-0.3, -0.25) is 4.79 Å². The highest BCUT2D eigenvalue weighted by molar-refractivity contribution is 6.32. The maximum Gasteiger partial charge on any atom is 0.272 e. The van der Waals surface area contributed by atoms with Crippen molar-refractivity contribution in [3.63, 3.8) is 0 Å². The van der Waals surface area contributed by atoms with Gasteiger partial charge in [0.05, 0.1) is 16.7 Å². The van der Waals surface area contributed by atoms with Crippen LogP contribution in [-0.2, 0) is 4.79 Å². The van der Waals surface area contributed by atoms with Crippen molar-refractivity contribution in [2.75, 3.05) is 18.0 Å². The van der Waals surface area contributed by atoms with E-state index in [0.29, 0.717) is 22.0 Å². The van der Waals surface area contributed by atoms with Crippen LogP contribution in [0.2, 0.25) is 5.02 Å². The summed E-state index contributed by atoms with van der Waals surface area (Å²) < 4.78 is 6.14. The van der Waals surface area contributed by atoms with Crippen molar-refractivity contribution in [1.82, 2.24) is 15.5 Å². The van der Waals surface area contributed by atoms with Crippen molar-refractivity contribution >= 4 is 29.6 Å². The standard InChI is InChI=1S/C25H28ClN5O3/c1-16-22(8-2-18(14-27)24(16)26)34-20-5-3-19(4-6-20)28-25(33)21-7-9-23(30-29-21)31-12-10-17(15-32)11-13-31/h2,7-9,15,17,19-20H,3-6,10-13H2,1H3,(H,28,33). The van der Waals surface area contributed by atoms with Gasteiger partial charge in [0.2, 0.25) is 0 Å². The van der Waals surface area contributed by atoms with E-state index in [-0.39, 0.29) is 24.0 Å². The number of nitriles is 1. The number of halogens is 1. The molecule has 0 radical (unpaired) electrons. The summed E-state index contributed by atoms with van der Waals surface area (Å²) in [5, 5.41) is 20.9. The van der Waals surface area contributed by atoms with Crippen molar-refractivity contribution < 1.29 is 14.3 Å². The molecule has 2 aliphatic rings. The first-order chi connectivity index (χ1) is 16.5. The number of hydrogen-bond acceptors (Lipinski definition) is 7. The summed E-state index contributed by atoms with van der Waals surface area (Å²) >= 11 is 6.24. The monoisotopic (exact) mass is 481 g/mol. The smallest absolute Gasteiger partial charge is 0.272 e. The van der Waals surface area contributed by atoms with Gasteiger partial charge < -0.3 is 19.7 Å². The fourth-order valence-electron chi connectivity index (χ4n) is 4.52. The molecule has 9 heteroatoms. The molecule has 1 aromatic heterocycles. The van der Waals surface area contributed by atoms with Crippen molar-refractivity contribution in [1.29, 1.82) is 5.26 Å². The van der Waals surface area contributed by atoms with Crippen molar-refractivity contribution in [3.8, 4) is 11.8 Å². The molecule has 1 amide bonds. The van der Waals surface area contributed by atoms with E-state index in [4.69, 9.17) is 21.6 Å². The number of hydrogen-bond donors (Lipinski definition) is 1. The third-order valence-electron chi connectivity index (χ3n) is 6.70. The zero-order valence-electron chi connectivity index (χ0n) is 19.2. The van der Waals surface area contributed by atoms with E-state index in [1.165, 1.54) is 0 Å². The first-order valence-corrected chi connectivity index (χ1v) is 12.1. The number of amides is 1. The number of anilines is 1. The lowest BCUT2D eigenvalue weighted by molar-refractivity contribution is -0.111. The second kappa shape index (κ2) is 10.8. The van der Waals surface area contributed by atoms with Gasteiger partial charge in [0.25, 0.3) is 5.91 Å². The number of benzene rings is 1. The van der Waals surface area contributed by atoms with E-state index in [1.807, 2.05) is 13.0 Å². The van der Waals surface area contributed by atoms with Crippen LogP contribution in [0.1, 0.15) is 60.1 Å². The number of rotatable bonds is 6. The lowest BCUT2D eigenvalue weighted by atomic mass is 9.92. The van der Waals surface area contributed by atoms with Crippen LogP contribution in [0.4, 0.5) is 5.82 Å². The molecule has 1 saturated heterocycles. The average Bonchev–Trinajstić information content (AvgIpc) is 2.88. The molecule has 0 bridgehead atoms.